The highest BCUT2D eigenvalue weighted by atomic mass is 16.5. The summed E-state index contributed by atoms with van der Waals surface area (Å²) < 4.78 is 5.48. The number of hydrogen-bond donors (Lipinski definition) is 1. The van der Waals surface area contributed by atoms with Gasteiger partial charge in [0.15, 0.2) is 0 Å². The molecule has 0 bridgehead atoms. The molecule has 0 aromatic carbocycles. The Morgan fingerprint density at radius 1 is 1.75 bits per heavy atom. The number of aromatic nitrogens is 4. The monoisotopic (exact) mass is 172 g/mol. The predicted molar refractivity (Wildman–Crippen MR) is 37.3 cm³/mol. The van der Waals surface area contributed by atoms with Gasteiger partial charge in [-0.2, -0.15) is 4.68 Å². The van der Waals surface area contributed by atoms with Crippen LogP contribution in [0.5, 0.6) is 0 Å². The summed E-state index contributed by atoms with van der Waals surface area (Å²) in [6, 6.07) is 0. The molecular weight excluding hydrogens is 164 g/mol. The molecule has 66 valence electrons. The average molecular weight is 172 g/mol. The van der Waals surface area contributed by atoms with Crippen molar-refractivity contribution in [1.29, 1.82) is 0 Å². The molecule has 0 unspecified atom stereocenters. The fraction of sp³-hybridized carbons (Fsp3) is 0.600. The Kier molecular flexibility index (Phi) is 2.57. The zero-order valence-corrected chi connectivity index (χ0v) is 6.48. The van der Waals surface area contributed by atoms with Crippen LogP contribution in [0.15, 0.2) is 4.79 Å². The molecule has 0 radical (unpaired) electrons. The van der Waals surface area contributed by atoms with Gasteiger partial charge in [-0.15, -0.1) is 0 Å². The van der Waals surface area contributed by atoms with Crippen molar-refractivity contribution in [3.05, 3.63) is 10.5 Å². The lowest BCUT2D eigenvalue weighted by molar-refractivity contribution is -0.144. The Morgan fingerprint density at radius 3 is 3.00 bits per heavy atom. The second kappa shape index (κ2) is 3.65. The highest BCUT2D eigenvalue weighted by molar-refractivity contribution is 5.68. The van der Waals surface area contributed by atoms with Crippen LogP contribution in [0.25, 0.3) is 0 Å². The zero-order chi connectivity index (χ0) is 8.97. The largest absolute Gasteiger partial charge is 0.465 e. The normalized spacial score (nSPS) is 9.75. The number of esters is 1. The Bertz CT molecular complexity index is 314. The van der Waals surface area contributed by atoms with Crippen LogP contribution in [0.1, 0.15) is 6.92 Å². The van der Waals surface area contributed by atoms with Crippen molar-refractivity contribution in [2.45, 2.75) is 13.5 Å². The van der Waals surface area contributed by atoms with Crippen LogP contribution in [-0.4, -0.2) is 32.8 Å². The Labute approximate surface area is 67.3 Å². The molecule has 1 N–H and O–H groups in total. The number of ether oxygens (including phenoxy) is 1. The second-order valence-electron chi connectivity index (χ2n) is 1.97. The van der Waals surface area contributed by atoms with Gasteiger partial charge in [0.2, 0.25) is 0 Å². The van der Waals surface area contributed by atoms with Crippen LogP contribution >= 0.6 is 0 Å². The van der Waals surface area contributed by atoms with Crippen LogP contribution in [0.3, 0.4) is 0 Å². The zero-order valence-electron chi connectivity index (χ0n) is 6.48. The molecule has 0 aliphatic heterocycles. The molecule has 0 amide bonds. The first-order valence-corrected chi connectivity index (χ1v) is 3.38. The molecule has 0 aliphatic carbocycles. The number of carbonyl (C=O) groups excluding carboxylic acids is 1. The van der Waals surface area contributed by atoms with E-state index in [-0.39, 0.29) is 13.2 Å². The summed E-state index contributed by atoms with van der Waals surface area (Å²) in [7, 11) is 0. The molecule has 0 fully saturated rings. The summed E-state index contributed by atoms with van der Waals surface area (Å²) in [5, 5.41) is 8.59. The van der Waals surface area contributed by atoms with Gasteiger partial charge in [0.25, 0.3) is 0 Å². The summed E-state index contributed by atoms with van der Waals surface area (Å²) in [6.07, 6.45) is 0. The number of hydrogen-bond acceptors (Lipinski definition) is 5. The molecule has 1 aromatic heterocycles. The molecule has 0 atom stereocenters. The van der Waals surface area contributed by atoms with Crippen molar-refractivity contribution < 1.29 is 9.53 Å². The van der Waals surface area contributed by atoms with Crippen molar-refractivity contribution in [3.63, 3.8) is 0 Å². The van der Waals surface area contributed by atoms with E-state index in [0.29, 0.717) is 0 Å². The third kappa shape index (κ3) is 1.91. The van der Waals surface area contributed by atoms with Crippen LogP contribution in [-0.2, 0) is 16.1 Å². The van der Waals surface area contributed by atoms with Gasteiger partial charge in [-0.25, -0.2) is 9.89 Å². The third-order valence-electron chi connectivity index (χ3n) is 1.12. The molecule has 0 saturated heterocycles. The van der Waals surface area contributed by atoms with E-state index < -0.39 is 11.7 Å². The number of tetrazole rings is 1. The molecule has 7 nitrogen and oxygen atoms in total. The smallest absolute Gasteiger partial charge is 0.361 e. The number of nitrogens with one attached hydrogen (secondary N) is 1. The van der Waals surface area contributed by atoms with E-state index in [4.69, 9.17) is 0 Å². The first-order chi connectivity index (χ1) is 5.74. The van der Waals surface area contributed by atoms with E-state index >= 15 is 0 Å². The maximum absolute atomic E-state index is 10.8. The Morgan fingerprint density at radius 2 is 2.50 bits per heavy atom. The minimum Gasteiger partial charge on any atom is -0.465 e. The summed E-state index contributed by atoms with van der Waals surface area (Å²) in [5.74, 6) is -0.506. The summed E-state index contributed by atoms with van der Waals surface area (Å²) in [5.41, 5.74) is -0.525. The van der Waals surface area contributed by atoms with Crippen molar-refractivity contribution in [2.75, 3.05) is 6.61 Å². The minimum atomic E-state index is -0.525. The first-order valence-electron chi connectivity index (χ1n) is 3.38. The third-order valence-corrected chi connectivity index (χ3v) is 1.12. The van der Waals surface area contributed by atoms with Gasteiger partial charge in [0.05, 0.1) is 6.61 Å². The first kappa shape index (κ1) is 8.44. The van der Waals surface area contributed by atoms with Gasteiger partial charge in [-0.3, -0.25) is 4.79 Å². The van der Waals surface area contributed by atoms with Crippen LogP contribution in [0.2, 0.25) is 0 Å². The quantitative estimate of drug-likeness (QED) is 0.562. The molecule has 0 saturated carbocycles. The van der Waals surface area contributed by atoms with Gasteiger partial charge in [-0.1, -0.05) is 0 Å². The number of nitrogens with zero attached hydrogens (tertiary/aromatic N) is 3. The molecule has 1 aromatic rings. The standard InChI is InChI=1S/C5H8N4O3/c1-2-12-4(10)3-9-5(11)6-7-8-9/h2-3H2,1H3,(H,6,8,11). The lowest BCUT2D eigenvalue weighted by atomic mass is 10.6. The molecular formula is C5H8N4O3. The lowest BCUT2D eigenvalue weighted by Gasteiger charge is -1.98. The average Bonchev–Trinajstić information content (AvgIpc) is 2.37. The molecule has 1 heterocycles. The van der Waals surface area contributed by atoms with E-state index in [2.05, 4.69) is 20.3 Å². The minimum absolute atomic E-state index is 0.205. The van der Waals surface area contributed by atoms with Crippen LogP contribution in [0.4, 0.5) is 0 Å². The molecule has 1 rings (SSSR count). The second-order valence-corrected chi connectivity index (χ2v) is 1.97. The van der Waals surface area contributed by atoms with Gasteiger partial charge in [0.1, 0.15) is 6.54 Å². The van der Waals surface area contributed by atoms with Crippen LogP contribution in [0, 0.1) is 0 Å². The van der Waals surface area contributed by atoms with Crippen LogP contribution < -0.4 is 5.69 Å². The highest BCUT2D eigenvalue weighted by Crippen LogP contribution is 1.79. The molecule has 12 heavy (non-hydrogen) atoms. The fourth-order valence-electron chi connectivity index (χ4n) is 0.650. The molecule has 0 spiro atoms. The number of aromatic amines is 1. The maximum Gasteiger partial charge on any atom is 0.361 e. The van der Waals surface area contributed by atoms with Gasteiger partial charge < -0.3 is 4.74 Å². The van der Waals surface area contributed by atoms with Gasteiger partial charge in [0, 0.05) is 0 Å². The van der Waals surface area contributed by atoms with Crippen molar-refractivity contribution in [3.8, 4) is 0 Å². The summed E-state index contributed by atoms with van der Waals surface area (Å²) >= 11 is 0. The van der Waals surface area contributed by atoms with E-state index in [1.165, 1.54) is 0 Å². The predicted octanol–water partition coefficient (Wildman–Crippen LogP) is -1.47. The van der Waals surface area contributed by atoms with Crippen molar-refractivity contribution in [1.82, 2.24) is 20.2 Å². The van der Waals surface area contributed by atoms with Crippen molar-refractivity contribution >= 4 is 5.97 Å². The SMILES string of the molecule is CCOC(=O)Cn1nn[nH]c1=O. The Balaban J connectivity index is 2.58. The summed E-state index contributed by atoms with van der Waals surface area (Å²) in [4.78, 5) is 21.5. The lowest BCUT2D eigenvalue weighted by Crippen LogP contribution is -2.24. The van der Waals surface area contributed by atoms with Crippen molar-refractivity contribution in [2.24, 2.45) is 0 Å². The van der Waals surface area contributed by atoms with E-state index in [1.807, 2.05) is 0 Å². The summed E-state index contributed by atoms with van der Waals surface area (Å²) in [6.45, 7) is 1.76. The number of H-pyrrole nitrogens is 1. The van der Waals surface area contributed by atoms with Gasteiger partial charge in [-0.05, 0) is 17.4 Å². The highest BCUT2D eigenvalue weighted by Gasteiger charge is 2.06. The van der Waals surface area contributed by atoms with E-state index in [9.17, 15) is 9.59 Å². The fourth-order valence-corrected chi connectivity index (χ4v) is 0.650. The molecule has 0 aliphatic rings. The number of rotatable bonds is 3. The Hall–Kier alpha value is -1.66. The topological polar surface area (TPSA) is 89.9 Å². The van der Waals surface area contributed by atoms with E-state index in [0.717, 1.165) is 4.68 Å². The van der Waals surface area contributed by atoms with Gasteiger partial charge >= 0.3 is 11.7 Å². The van der Waals surface area contributed by atoms with E-state index in [1.54, 1.807) is 6.92 Å². The molecule has 7 heteroatoms. The number of carbonyl (C=O) groups is 1. The maximum atomic E-state index is 10.8.